The van der Waals surface area contributed by atoms with Crippen LogP contribution in [0, 0.1) is 0 Å². The predicted molar refractivity (Wildman–Crippen MR) is 97.3 cm³/mol. The van der Waals surface area contributed by atoms with Crippen LogP contribution >= 0.6 is 0 Å². The van der Waals surface area contributed by atoms with Crippen LogP contribution in [0.5, 0.6) is 5.88 Å². The molecule has 0 aromatic carbocycles. The minimum absolute atomic E-state index is 0.0392. The lowest BCUT2D eigenvalue weighted by Crippen LogP contribution is -2.42. The van der Waals surface area contributed by atoms with Gasteiger partial charge in [0.2, 0.25) is 11.8 Å². The molecule has 1 fully saturated rings. The van der Waals surface area contributed by atoms with E-state index in [0.29, 0.717) is 31.2 Å². The van der Waals surface area contributed by atoms with E-state index in [2.05, 4.69) is 20.3 Å². The van der Waals surface area contributed by atoms with E-state index in [1.165, 1.54) is 0 Å². The Kier molecular flexibility index (Phi) is 5.04. The Balaban J connectivity index is 1.27. The van der Waals surface area contributed by atoms with Crippen molar-refractivity contribution in [1.29, 1.82) is 0 Å². The van der Waals surface area contributed by atoms with E-state index < -0.39 is 0 Å². The highest BCUT2D eigenvalue weighted by atomic mass is 16.5. The third-order valence-corrected chi connectivity index (χ3v) is 4.53. The second kappa shape index (κ2) is 7.94. The second-order valence-electron chi connectivity index (χ2n) is 6.42. The topological polar surface area (TPSA) is 86.0 Å². The average Bonchev–Trinajstić information content (AvgIpc) is 3.25. The first kappa shape index (κ1) is 17.1. The van der Waals surface area contributed by atoms with Crippen LogP contribution in [-0.4, -0.2) is 55.0 Å². The fraction of sp³-hybridized carbons (Fsp3) is 0.316. The van der Waals surface area contributed by atoms with Gasteiger partial charge in [0.05, 0.1) is 6.42 Å². The third-order valence-electron chi connectivity index (χ3n) is 4.53. The van der Waals surface area contributed by atoms with E-state index in [0.717, 1.165) is 18.4 Å². The lowest BCUT2D eigenvalue weighted by Gasteiger charge is -2.32. The molecule has 8 heteroatoms. The van der Waals surface area contributed by atoms with E-state index in [-0.39, 0.29) is 12.0 Å². The fourth-order valence-corrected chi connectivity index (χ4v) is 3.09. The average molecular weight is 364 g/mol. The summed E-state index contributed by atoms with van der Waals surface area (Å²) in [5.74, 6) is 1.26. The summed E-state index contributed by atoms with van der Waals surface area (Å²) in [5.41, 5.74) is 0.938. The molecule has 138 valence electrons. The fourth-order valence-electron chi connectivity index (χ4n) is 3.09. The van der Waals surface area contributed by atoms with Gasteiger partial charge in [0.1, 0.15) is 6.10 Å². The summed E-state index contributed by atoms with van der Waals surface area (Å²) >= 11 is 0. The minimum Gasteiger partial charge on any atom is -0.473 e. The van der Waals surface area contributed by atoms with Crippen LogP contribution in [-0.2, 0) is 11.2 Å². The number of carbonyl (C=O) groups is 1. The number of likely N-dealkylation sites (tertiary alicyclic amines) is 1. The molecule has 8 nitrogen and oxygen atoms in total. The van der Waals surface area contributed by atoms with Crippen molar-refractivity contribution in [2.24, 2.45) is 0 Å². The molecule has 3 aromatic heterocycles. The number of pyridine rings is 1. The molecule has 0 N–H and O–H groups in total. The Morgan fingerprint density at radius 1 is 1.11 bits per heavy atom. The summed E-state index contributed by atoms with van der Waals surface area (Å²) in [4.78, 5) is 18.4. The van der Waals surface area contributed by atoms with E-state index in [1.54, 1.807) is 29.3 Å². The zero-order valence-corrected chi connectivity index (χ0v) is 14.8. The molecule has 4 rings (SSSR count). The Labute approximate surface area is 156 Å². The molecule has 1 aliphatic heterocycles. The molecule has 0 atom stereocenters. The lowest BCUT2D eigenvalue weighted by molar-refractivity contribution is -0.132. The quantitative estimate of drug-likeness (QED) is 0.685. The summed E-state index contributed by atoms with van der Waals surface area (Å²) < 4.78 is 7.56. The molecule has 27 heavy (non-hydrogen) atoms. The van der Waals surface area contributed by atoms with Crippen molar-refractivity contribution in [2.75, 3.05) is 13.1 Å². The first-order valence-corrected chi connectivity index (χ1v) is 8.95. The highest BCUT2D eigenvalue weighted by Crippen LogP contribution is 2.18. The molecular weight excluding hydrogens is 344 g/mol. The lowest BCUT2D eigenvalue weighted by atomic mass is 10.1. The van der Waals surface area contributed by atoms with Crippen molar-refractivity contribution >= 4 is 5.91 Å². The van der Waals surface area contributed by atoms with Gasteiger partial charge in [-0.2, -0.15) is 5.10 Å². The summed E-state index contributed by atoms with van der Waals surface area (Å²) in [7, 11) is 0. The van der Waals surface area contributed by atoms with E-state index in [1.807, 2.05) is 35.4 Å². The van der Waals surface area contributed by atoms with Crippen molar-refractivity contribution in [3.63, 3.8) is 0 Å². The maximum atomic E-state index is 12.4. The van der Waals surface area contributed by atoms with E-state index in [4.69, 9.17) is 4.74 Å². The molecule has 1 aliphatic rings. The number of aromatic nitrogens is 5. The second-order valence-corrected chi connectivity index (χ2v) is 6.42. The normalized spacial score (nSPS) is 14.9. The van der Waals surface area contributed by atoms with Gasteiger partial charge in [0.15, 0.2) is 5.82 Å². The van der Waals surface area contributed by atoms with E-state index in [9.17, 15) is 4.79 Å². The SMILES string of the molecule is O=C(Cc1cccnc1)N1CCC(Oc2ccc(-n3cccn3)nn2)CC1. The number of nitrogens with zero attached hydrogens (tertiary/aromatic N) is 6. The van der Waals surface area contributed by atoms with Crippen LogP contribution in [0.2, 0.25) is 0 Å². The standard InChI is InChI=1S/C19H20N6O2/c26-19(13-15-3-1-8-20-14-15)24-11-6-16(7-12-24)27-18-5-4-17(22-23-18)25-10-2-9-21-25/h1-5,8-10,14,16H,6-7,11-13H2. The highest BCUT2D eigenvalue weighted by Gasteiger charge is 2.24. The molecule has 1 amide bonds. The largest absolute Gasteiger partial charge is 0.473 e. The highest BCUT2D eigenvalue weighted by molar-refractivity contribution is 5.78. The van der Waals surface area contributed by atoms with Crippen molar-refractivity contribution in [3.8, 4) is 11.7 Å². The van der Waals surface area contributed by atoms with Crippen LogP contribution in [0.4, 0.5) is 0 Å². The van der Waals surface area contributed by atoms with Crippen molar-refractivity contribution in [1.82, 2.24) is 29.9 Å². The van der Waals surface area contributed by atoms with Crippen LogP contribution in [0.3, 0.4) is 0 Å². The zero-order valence-electron chi connectivity index (χ0n) is 14.8. The summed E-state index contributed by atoms with van der Waals surface area (Å²) in [6.45, 7) is 1.37. The first-order valence-electron chi connectivity index (χ1n) is 8.95. The van der Waals surface area contributed by atoms with Crippen molar-refractivity contribution in [3.05, 3.63) is 60.7 Å². The number of hydrogen-bond donors (Lipinski definition) is 0. The van der Waals surface area contributed by atoms with Gasteiger partial charge in [0, 0.05) is 56.8 Å². The third kappa shape index (κ3) is 4.28. The maximum absolute atomic E-state index is 12.4. The maximum Gasteiger partial charge on any atom is 0.233 e. The summed E-state index contributed by atoms with van der Waals surface area (Å²) in [5, 5.41) is 12.4. The number of hydrogen-bond acceptors (Lipinski definition) is 6. The molecule has 0 unspecified atom stereocenters. The van der Waals surface area contributed by atoms with Crippen LogP contribution in [0.1, 0.15) is 18.4 Å². The van der Waals surface area contributed by atoms with Gasteiger partial charge in [-0.3, -0.25) is 9.78 Å². The monoisotopic (exact) mass is 364 g/mol. The van der Waals surface area contributed by atoms with Crippen LogP contribution in [0.25, 0.3) is 5.82 Å². The van der Waals surface area contributed by atoms with Gasteiger partial charge in [-0.05, 0) is 23.8 Å². The van der Waals surface area contributed by atoms with Gasteiger partial charge >= 0.3 is 0 Å². The number of piperidine rings is 1. The molecule has 3 aromatic rings. The Morgan fingerprint density at radius 3 is 2.67 bits per heavy atom. The van der Waals surface area contributed by atoms with Gasteiger partial charge in [-0.1, -0.05) is 6.07 Å². The van der Waals surface area contributed by atoms with Gasteiger partial charge in [0.25, 0.3) is 0 Å². The smallest absolute Gasteiger partial charge is 0.233 e. The van der Waals surface area contributed by atoms with Crippen molar-refractivity contribution < 1.29 is 9.53 Å². The Hall–Kier alpha value is -3.29. The minimum atomic E-state index is 0.0392. The molecule has 0 bridgehead atoms. The number of rotatable bonds is 5. The first-order chi connectivity index (χ1) is 13.3. The Bertz CT molecular complexity index is 859. The number of amides is 1. The molecule has 0 spiro atoms. The molecule has 0 aliphatic carbocycles. The summed E-state index contributed by atoms with van der Waals surface area (Å²) in [6.07, 6.45) is 8.93. The Morgan fingerprint density at radius 2 is 2.00 bits per heavy atom. The van der Waals surface area contributed by atoms with E-state index >= 15 is 0 Å². The molecule has 0 saturated carbocycles. The molecule has 1 saturated heterocycles. The van der Waals surface area contributed by atoms with Gasteiger partial charge in [-0.25, -0.2) is 4.68 Å². The number of ether oxygens (including phenoxy) is 1. The predicted octanol–water partition coefficient (Wildman–Crippen LogP) is 1.67. The number of carbonyl (C=O) groups excluding carboxylic acids is 1. The van der Waals surface area contributed by atoms with Crippen molar-refractivity contribution in [2.45, 2.75) is 25.4 Å². The molecule has 0 radical (unpaired) electrons. The van der Waals surface area contributed by atoms with Crippen LogP contribution < -0.4 is 4.74 Å². The molecular formula is C19H20N6O2. The van der Waals surface area contributed by atoms with Gasteiger partial charge in [-0.15, -0.1) is 10.2 Å². The van der Waals surface area contributed by atoms with Gasteiger partial charge < -0.3 is 9.64 Å². The summed E-state index contributed by atoms with van der Waals surface area (Å²) in [6, 6.07) is 9.22. The van der Waals surface area contributed by atoms with Crippen LogP contribution in [0.15, 0.2) is 55.1 Å². The zero-order chi connectivity index (χ0) is 18.5. The molecule has 4 heterocycles.